The second-order valence-electron chi connectivity index (χ2n) is 4.60. The zero-order valence-electron chi connectivity index (χ0n) is 10.7. The summed E-state index contributed by atoms with van der Waals surface area (Å²) in [5.41, 5.74) is 4.38. The van der Waals surface area contributed by atoms with Gasteiger partial charge in [-0.2, -0.15) is 0 Å². The molecule has 1 atom stereocenters. The minimum Gasteiger partial charge on any atom is -0.389 e. The zero-order chi connectivity index (χ0) is 12.7. The third-order valence-corrected chi connectivity index (χ3v) is 3.61. The van der Waals surface area contributed by atoms with E-state index in [0.717, 1.165) is 23.0 Å². The van der Waals surface area contributed by atoms with Crippen LogP contribution in [0.2, 0.25) is 5.15 Å². The van der Waals surface area contributed by atoms with Crippen molar-refractivity contribution in [3.63, 3.8) is 0 Å². The first-order valence-corrected chi connectivity index (χ1v) is 6.32. The SMILES string of the molecule is CCn1c(Cl)c(C(C)O)c2cc(C)cc(C)c21. The molecule has 0 aliphatic heterocycles. The van der Waals surface area contributed by atoms with Gasteiger partial charge in [0.1, 0.15) is 5.15 Å². The normalized spacial score (nSPS) is 13.3. The maximum Gasteiger partial charge on any atom is 0.115 e. The van der Waals surface area contributed by atoms with E-state index in [4.69, 9.17) is 11.6 Å². The summed E-state index contributed by atoms with van der Waals surface area (Å²) in [6.07, 6.45) is -0.543. The number of nitrogens with zero attached hydrogens (tertiary/aromatic N) is 1. The number of rotatable bonds is 2. The number of halogens is 1. The quantitative estimate of drug-likeness (QED) is 0.858. The van der Waals surface area contributed by atoms with Gasteiger partial charge < -0.3 is 9.67 Å². The molecule has 3 heteroatoms. The Hall–Kier alpha value is -0.990. The minimum atomic E-state index is -0.543. The minimum absolute atomic E-state index is 0.543. The molecule has 0 bridgehead atoms. The highest BCUT2D eigenvalue weighted by Gasteiger charge is 2.19. The molecule has 1 unspecified atom stereocenters. The van der Waals surface area contributed by atoms with Crippen LogP contribution < -0.4 is 0 Å². The lowest BCUT2D eigenvalue weighted by Gasteiger charge is -2.06. The first-order chi connectivity index (χ1) is 7.97. The topological polar surface area (TPSA) is 25.2 Å². The Morgan fingerprint density at radius 1 is 1.35 bits per heavy atom. The van der Waals surface area contributed by atoms with E-state index >= 15 is 0 Å². The van der Waals surface area contributed by atoms with Crippen molar-refractivity contribution >= 4 is 22.5 Å². The molecule has 2 rings (SSSR count). The highest BCUT2D eigenvalue weighted by atomic mass is 35.5. The molecule has 1 N–H and O–H groups in total. The van der Waals surface area contributed by atoms with Crippen molar-refractivity contribution in [3.05, 3.63) is 34.0 Å². The van der Waals surface area contributed by atoms with E-state index < -0.39 is 6.10 Å². The summed E-state index contributed by atoms with van der Waals surface area (Å²) in [6.45, 7) is 8.79. The molecule has 0 fully saturated rings. The maximum absolute atomic E-state index is 9.90. The van der Waals surface area contributed by atoms with Gasteiger partial charge in [0, 0.05) is 17.5 Å². The molecule has 0 amide bonds. The fourth-order valence-electron chi connectivity index (χ4n) is 2.57. The Bertz CT molecular complexity index is 569. The van der Waals surface area contributed by atoms with Gasteiger partial charge in [-0.25, -0.2) is 0 Å². The first-order valence-electron chi connectivity index (χ1n) is 5.94. The Kier molecular flexibility index (Phi) is 3.19. The molecule has 17 heavy (non-hydrogen) atoms. The molecule has 1 aromatic heterocycles. The lowest BCUT2D eigenvalue weighted by molar-refractivity contribution is 0.200. The van der Waals surface area contributed by atoms with Crippen molar-refractivity contribution in [2.75, 3.05) is 0 Å². The van der Waals surface area contributed by atoms with E-state index in [1.54, 1.807) is 6.92 Å². The summed E-state index contributed by atoms with van der Waals surface area (Å²) in [7, 11) is 0. The molecule has 1 heterocycles. The van der Waals surface area contributed by atoms with Crippen LogP contribution in [0, 0.1) is 13.8 Å². The monoisotopic (exact) mass is 251 g/mol. The fraction of sp³-hybridized carbons (Fsp3) is 0.429. The predicted octanol–water partition coefficient (Wildman–Crippen LogP) is 3.98. The molecular weight excluding hydrogens is 234 g/mol. The highest BCUT2D eigenvalue weighted by Crippen LogP contribution is 2.36. The van der Waals surface area contributed by atoms with E-state index in [0.29, 0.717) is 5.15 Å². The van der Waals surface area contributed by atoms with Crippen LogP contribution in [-0.2, 0) is 6.54 Å². The summed E-state index contributed by atoms with van der Waals surface area (Å²) in [5, 5.41) is 11.6. The van der Waals surface area contributed by atoms with Gasteiger partial charge in [-0.05, 0) is 39.3 Å². The Labute approximate surface area is 107 Å². The molecule has 0 aliphatic carbocycles. The summed E-state index contributed by atoms with van der Waals surface area (Å²) < 4.78 is 2.06. The van der Waals surface area contributed by atoms with Crippen LogP contribution in [-0.4, -0.2) is 9.67 Å². The van der Waals surface area contributed by atoms with Crippen LogP contribution in [0.15, 0.2) is 12.1 Å². The van der Waals surface area contributed by atoms with Crippen molar-refractivity contribution in [1.29, 1.82) is 0 Å². The van der Waals surface area contributed by atoms with E-state index in [2.05, 4.69) is 37.5 Å². The van der Waals surface area contributed by atoms with E-state index in [1.807, 2.05) is 0 Å². The molecule has 0 saturated carbocycles. The number of fused-ring (bicyclic) bond motifs is 1. The predicted molar refractivity (Wildman–Crippen MR) is 72.7 cm³/mol. The van der Waals surface area contributed by atoms with Gasteiger partial charge in [0.25, 0.3) is 0 Å². The van der Waals surface area contributed by atoms with Crippen LogP contribution in [0.5, 0.6) is 0 Å². The third-order valence-electron chi connectivity index (χ3n) is 3.20. The third kappa shape index (κ3) is 1.85. The second kappa shape index (κ2) is 4.35. The molecular formula is C14H18ClNO. The Balaban J connectivity index is 2.95. The smallest absolute Gasteiger partial charge is 0.115 e. The van der Waals surface area contributed by atoms with Crippen LogP contribution in [0.25, 0.3) is 10.9 Å². The fourth-order valence-corrected chi connectivity index (χ4v) is 3.04. The number of aromatic nitrogens is 1. The summed E-state index contributed by atoms with van der Waals surface area (Å²) in [5.74, 6) is 0. The van der Waals surface area contributed by atoms with Gasteiger partial charge in [-0.3, -0.25) is 0 Å². The second-order valence-corrected chi connectivity index (χ2v) is 4.96. The number of aliphatic hydroxyl groups excluding tert-OH is 1. The number of aliphatic hydroxyl groups is 1. The van der Waals surface area contributed by atoms with Crippen molar-refractivity contribution in [2.24, 2.45) is 0 Å². The number of benzene rings is 1. The first kappa shape index (κ1) is 12.5. The van der Waals surface area contributed by atoms with Gasteiger partial charge in [0.15, 0.2) is 0 Å². The van der Waals surface area contributed by atoms with Crippen molar-refractivity contribution < 1.29 is 5.11 Å². The zero-order valence-corrected chi connectivity index (χ0v) is 11.5. The summed E-state index contributed by atoms with van der Waals surface area (Å²) in [6, 6.07) is 4.25. The van der Waals surface area contributed by atoms with Gasteiger partial charge in [-0.15, -0.1) is 0 Å². The van der Waals surface area contributed by atoms with E-state index in [1.165, 1.54) is 11.1 Å². The van der Waals surface area contributed by atoms with Gasteiger partial charge in [-0.1, -0.05) is 23.2 Å². The summed E-state index contributed by atoms with van der Waals surface area (Å²) >= 11 is 6.37. The molecule has 2 aromatic rings. The van der Waals surface area contributed by atoms with Crippen LogP contribution in [0.3, 0.4) is 0 Å². The molecule has 0 spiro atoms. The van der Waals surface area contributed by atoms with Gasteiger partial charge >= 0.3 is 0 Å². The lowest BCUT2D eigenvalue weighted by Crippen LogP contribution is -1.96. The maximum atomic E-state index is 9.90. The number of hydrogen-bond acceptors (Lipinski definition) is 1. The Morgan fingerprint density at radius 3 is 2.53 bits per heavy atom. The molecule has 0 radical (unpaired) electrons. The average Bonchev–Trinajstić information content (AvgIpc) is 2.49. The van der Waals surface area contributed by atoms with E-state index in [9.17, 15) is 5.11 Å². The van der Waals surface area contributed by atoms with Crippen molar-refractivity contribution in [2.45, 2.75) is 40.3 Å². The van der Waals surface area contributed by atoms with Crippen molar-refractivity contribution in [1.82, 2.24) is 4.57 Å². The van der Waals surface area contributed by atoms with E-state index in [-0.39, 0.29) is 0 Å². The molecule has 92 valence electrons. The Morgan fingerprint density at radius 2 is 2.00 bits per heavy atom. The standard InChI is InChI=1S/C14H18ClNO/c1-5-16-13-9(3)6-8(2)7-11(13)12(10(4)17)14(16)15/h6-7,10,17H,5H2,1-4H3. The van der Waals surface area contributed by atoms with Gasteiger partial charge in [0.2, 0.25) is 0 Å². The van der Waals surface area contributed by atoms with Crippen LogP contribution >= 0.6 is 11.6 Å². The molecule has 2 nitrogen and oxygen atoms in total. The largest absolute Gasteiger partial charge is 0.389 e. The van der Waals surface area contributed by atoms with Crippen molar-refractivity contribution in [3.8, 4) is 0 Å². The lowest BCUT2D eigenvalue weighted by atomic mass is 10.0. The molecule has 0 aliphatic rings. The average molecular weight is 252 g/mol. The number of hydrogen-bond donors (Lipinski definition) is 1. The van der Waals surface area contributed by atoms with Crippen LogP contribution in [0.4, 0.5) is 0 Å². The molecule has 0 saturated heterocycles. The van der Waals surface area contributed by atoms with Crippen LogP contribution in [0.1, 0.15) is 36.6 Å². The van der Waals surface area contributed by atoms with Gasteiger partial charge in [0.05, 0.1) is 11.6 Å². The summed E-state index contributed by atoms with van der Waals surface area (Å²) in [4.78, 5) is 0. The highest BCUT2D eigenvalue weighted by molar-refractivity contribution is 6.32. The number of aryl methyl sites for hydroxylation is 3. The molecule has 1 aromatic carbocycles.